The number of carbonyl (C=O) groups is 1. The number of rotatable bonds is 6. The van der Waals surface area contributed by atoms with Gasteiger partial charge in [0.2, 0.25) is 0 Å². The summed E-state index contributed by atoms with van der Waals surface area (Å²) in [7, 11) is 1.61. The SMILES string of the molecule is COc1cccc(C(C)NC(=O)c2noc(C)c2Cn2nc(C)c(Cl)c2C)c1. The van der Waals surface area contributed by atoms with Crippen molar-refractivity contribution in [3.05, 3.63) is 63.3 Å². The third-order valence-electron chi connectivity index (χ3n) is 4.74. The highest BCUT2D eigenvalue weighted by molar-refractivity contribution is 6.31. The maximum atomic E-state index is 12.8. The molecule has 0 radical (unpaired) electrons. The number of nitrogens with zero attached hydrogens (tertiary/aromatic N) is 3. The van der Waals surface area contributed by atoms with Crippen LogP contribution in [0.25, 0.3) is 0 Å². The van der Waals surface area contributed by atoms with Gasteiger partial charge in [-0.25, -0.2) is 0 Å². The Morgan fingerprint density at radius 2 is 2.11 bits per heavy atom. The van der Waals surface area contributed by atoms with Crippen molar-refractivity contribution in [2.75, 3.05) is 7.11 Å². The van der Waals surface area contributed by atoms with Crippen LogP contribution in [0.5, 0.6) is 5.75 Å². The molecule has 0 aliphatic rings. The highest BCUT2D eigenvalue weighted by Crippen LogP contribution is 2.23. The summed E-state index contributed by atoms with van der Waals surface area (Å²) < 4.78 is 12.3. The lowest BCUT2D eigenvalue weighted by molar-refractivity contribution is 0.0929. The normalized spacial score (nSPS) is 12.1. The molecule has 1 N–H and O–H groups in total. The fourth-order valence-electron chi connectivity index (χ4n) is 2.99. The summed E-state index contributed by atoms with van der Waals surface area (Å²) in [5.74, 6) is 0.996. The summed E-state index contributed by atoms with van der Waals surface area (Å²) in [6.07, 6.45) is 0. The highest BCUT2D eigenvalue weighted by Gasteiger charge is 2.23. The van der Waals surface area contributed by atoms with Crippen molar-refractivity contribution in [1.82, 2.24) is 20.3 Å². The van der Waals surface area contributed by atoms with Gasteiger partial charge in [0.15, 0.2) is 5.69 Å². The Kier molecular flexibility index (Phi) is 5.74. The summed E-state index contributed by atoms with van der Waals surface area (Å²) >= 11 is 6.23. The van der Waals surface area contributed by atoms with Gasteiger partial charge in [-0.3, -0.25) is 9.48 Å². The molecule has 0 saturated heterocycles. The molecular formula is C20H23ClN4O3. The van der Waals surface area contributed by atoms with Crippen molar-refractivity contribution in [2.24, 2.45) is 0 Å². The summed E-state index contributed by atoms with van der Waals surface area (Å²) in [6, 6.07) is 7.33. The number of ether oxygens (including phenoxy) is 1. The Labute approximate surface area is 168 Å². The van der Waals surface area contributed by atoms with Crippen LogP contribution in [0.4, 0.5) is 0 Å². The molecule has 7 nitrogen and oxygen atoms in total. The molecule has 3 aromatic rings. The van der Waals surface area contributed by atoms with Crippen LogP contribution in [-0.4, -0.2) is 28.0 Å². The molecular weight excluding hydrogens is 380 g/mol. The minimum atomic E-state index is -0.310. The van der Waals surface area contributed by atoms with Gasteiger partial charge in [-0.05, 0) is 45.4 Å². The third-order valence-corrected chi connectivity index (χ3v) is 5.29. The van der Waals surface area contributed by atoms with Crippen molar-refractivity contribution in [1.29, 1.82) is 0 Å². The molecule has 1 aromatic carbocycles. The topological polar surface area (TPSA) is 82.2 Å². The predicted molar refractivity (Wildman–Crippen MR) is 106 cm³/mol. The number of carbonyl (C=O) groups excluding carboxylic acids is 1. The van der Waals surface area contributed by atoms with Crippen molar-refractivity contribution in [3.8, 4) is 5.75 Å². The standard InChI is InChI=1S/C20H23ClN4O3/c1-11(15-7-6-8-16(9-15)27-5)22-20(26)19-17(14(4)28-24-19)10-25-13(3)18(21)12(2)23-25/h6-9,11H,10H2,1-5H3,(H,22,26). The van der Waals surface area contributed by atoms with Gasteiger partial charge in [0.25, 0.3) is 5.91 Å². The van der Waals surface area contributed by atoms with Gasteiger partial charge in [-0.1, -0.05) is 28.9 Å². The van der Waals surface area contributed by atoms with Gasteiger partial charge in [-0.2, -0.15) is 5.10 Å². The van der Waals surface area contributed by atoms with Crippen molar-refractivity contribution < 1.29 is 14.1 Å². The lowest BCUT2D eigenvalue weighted by atomic mass is 10.1. The lowest BCUT2D eigenvalue weighted by Gasteiger charge is -2.15. The minimum Gasteiger partial charge on any atom is -0.497 e. The number of benzene rings is 1. The highest BCUT2D eigenvalue weighted by atomic mass is 35.5. The second-order valence-electron chi connectivity index (χ2n) is 6.68. The number of aromatic nitrogens is 3. The summed E-state index contributed by atoms with van der Waals surface area (Å²) in [5.41, 5.74) is 3.43. The molecule has 3 rings (SSSR count). The van der Waals surface area contributed by atoms with E-state index in [0.29, 0.717) is 22.9 Å². The van der Waals surface area contributed by atoms with Gasteiger partial charge in [0.1, 0.15) is 11.5 Å². The Morgan fingerprint density at radius 3 is 2.75 bits per heavy atom. The maximum Gasteiger partial charge on any atom is 0.274 e. The molecule has 148 valence electrons. The van der Waals surface area contributed by atoms with E-state index < -0.39 is 0 Å². The number of hydrogen-bond donors (Lipinski definition) is 1. The van der Waals surface area contributed by atoms with Crippen molar-refractivity contribution in [3.63, 3.8) is 0 Å². The van der Waals surface area contributed by atoms with Gasteiger partial charge in [0, 0.05) is 5.56 Å². The predicted octanol–water partition coefficient (Wildman–Crippen LogP) is 4.00. The van der Waals surface area contributed by atoms with Crippen LogP contribution in [0.1, 0.15) is 51.7 Å². The van der Waals surface area contributed by atoms with E-state index in [2.05, 4.69) is 15.6 Å². The van der Waals surface area contributed by atoms with Crippen molar-refractivity contribution in [2.45, 2.75) is 40.3 Å². The first kappa shape index (κ1) is 19.9. The van der Waals surface area contributed by atoms with Gasteiger partial charge >= 0.3 is 0 Å². The van der Waals surface area contributed by atoms with Crippen LogP contribution in [0, 0.1) is 20.8 Å². The Hall–Kier alpha value is -2.80. The molecule has 0 saturated carbocycles. The Morgan fingerprint density at radius 1 is 1.36 bits per heavy atom. The van der Waals surface area contributed by atoms with E-state index in [9.17, 15) is 4.79 Å². The smallest absolute Gasteiger partial charge is 0.274 e. The molecule has 1 amide bonds. The molecule has 2 heterocycles. The van der Waals surface area contributed by atoms with Gasteiger partial charge < -0.3 is 14.6 Å². The van der Waals surface area contributed by atoms with E-state index in [1.807, 2.05) is 45.0 Å². The molecule has 1 atom stereocenters. The van der Waals surface area contributed by atoms with Crippen LogP contribution in [0.15, 0.2) is 28.8 Å². The van der Waals surface area contributed by atoms with E-state index in [4.69, 9.17) is 20.9 Å². The van der Waals surface area contributed by atoms with Crippen LogP contribution in [-0.2, 0) is 6.54 Å². The third kappa shape index (κ3) is 3.89. The van der Waals surface area contributed by atoms with Crippen molar-refractivity contribution >= 4 is 17.5 Å². The first-order valence-electron chi connectivity index (χ1n) is 8.91. The van der Waals surface area contributed by atoms with E-state index in [1.165, 1.54) is 0 Å². The number of aryl methyl sites for hydroxylation is 2. The number of hydrogen-bond acceptors (Lipinski definition) is 5. The molecule has 28 heavy (non-hydrogen) atoms. The van der Waals surface area contributed by atoms with Crippen LogP contribution < -0.4 is 10.1 Å². The number of methoxy groups -OCH3 is 1. The zero-order chi connectivity index (χ0) is 20.4. The van der Waals surface area contributed by atoms with Gasteiger partial charge in [0.05, 0.1) is 36.1 Å². The molecule has 0 fully saturated rings. The second kappa shape index (κ2) is 8.06. The van der Waals surface area contributed by atoms with E-state index >= 15 is 0 Å². The van der Waals surface area contributed by atoms with Crippen LogP contribution in [0.2, 0.25) is 5.02 Å². The van der Waals surface area contributed by atoms with E-state index in [0.717, 1.165) is 22.7 Å². The monoisotopic (exact) mass is 402 g/mol. The maximum absolute atomic E-state index is 12.8. The molecule has 8 heteroatoms. The number of amides is 1. The minimum absolute atomic E-state index is 0.226. The summed E-state index contributed by atoms with van der Waals surface area (Å²) in [5, 5.41) is 12.0. The van der Waals surface area contributed by atoms with Crippen LogP contribution >= 0.6 is 11.6 Å². The largest absolute Gasteiger partial charge is 0.497 e. The van der Waals surface area contributed by atoms with Gasteiger partial charge in [-0.15, -0.1) is 0 Å². The zero-order valence-corrected chi connectivity index (χ0v) is 17.3. The Bertz CT molecular complexity index is 1010. The molecule has 0 bridgehead atoms. The lowest BCUT2D eigenvalue weighted by Crippen LogP contribution is -2.28. The van der Waals surface area contributed by atoms with Crippen LogP contribution in [0.3, 0.4) is 0 Å². The van der Waals surface area contributed by atoms with E-state index in [1.54, 1.807) is 18.7 Å². The second-order valence-corrected chi connectivity index (χ2v) is 7.06. The average Bonchev–Trinajstić information content (AvgIpc) is 3.17. The quantitative estimate of drug-likeness (QED) is 0.673. The summed E-state index contributed by atoms with van der Waals surface area (Å²) in [4.78, 5) is 12.8. The molecule has 1 unspecified atom stereocenters. The zero-order valence-electron chi connectivity index (χ0n) is 16.5. The molecule has 0 aliphatic carbocycles. The fraction of sp³-hybridized carbons (Fsp3) is 0.350. The van der Waals surface area contributed by atoms with E-state index in [-0.39, 0.29) is 17.6 Å². The first-order chi connectivity index (χ1) is 13.3. The number of halogens is 1. The first-order valence-corrected chi connectivity index (χ1v) is 9.29. The number of nitrogens with one attached hydrogen (secondary N) is 1. The molecule has 0 spiro atoms. The molecule has 2 aromatic heterocycles. The summed E-state index contributed by atoms with van der Waals surface area (Å²) in [6.45, 7) is 7.76. The molecule has 0 aliphatic heterocycles. The Balaban J connectivity index is 1.82. The average molecular weight is 403 g/mol. The fourth-order valence-corrected chi connectivity index (χ4v) is 3.13.